The topological polar surface area (TPSA) is 3.88 Å². The van der Waals surface area contributed by atoms with E-state index < -0.39 is 13.3 Å². The van der Waals surface area contributed by atoms with Crippen molar-refractivity contribution in [3.8, 4) is 11.3 Å². The van der Waals surface area contributed by atoms with Crippen LogP contribution in [0.4, 0.5) is 0 Å². The van der Waals surface area contributed by atoms with E-state index in [-0.39, 0.29) is 0 Å². The maximum absolute atomic E-state index is 2.59. The Balaban J connectivity index is 1.85. The van der Waals surface area contributed by atoms with Crippen LogP contribution in [0.1, 0.15) is 24.0 Å². The number of aryl methyl sites for hydroxylation is 3. The molecule has 1 aromatic carbocycles. The van der Waals surface area contributed by atoms with Gasteiger partial charge < -0.3 is 0 Å². The van der Waals surface area contributed by atoms with Gasteiger partial charge in [-0.05, 0) is 0 Å². The molecule has 0 bridgehead atoms. The number of fused-ring (bicyclic) bond motifs is 2. The van der Waals surface area contributed by atoms with E-state index in [4.69, 9.17) is 0 Å². The third-order valence-electron chi connectivity index (χ3n) is 5.79. The molecule has 2 aliphatic rings. The molecule has 4 rings (SSSR count). The van der Waals surface area contributed by atoms with Gasteiger partial charge in [-0.15, -0.1) is 0 Å². The molecular weight excluding hydrogens is 315 g/mol. The summed E-state index contributed by atoms with van der Waals surface area (Å²) in [5.74, 6) is 0. The average Bonchev–Trinajstić information content (AvgIpc) is 3.09. The van der Waals surface area contributed by atoms with Gasteiger partial charge in [0.05, 0.1) is 0 Å². The number of benzene rings is 1. The Labute approximate surface area is 130 Å². The quantitative estimate of drug-likeness (QED) is 0.553. The normalized spacial score (nSPS) is 19.1. The van der Waals surface area contributed by atoms with E-state index in [1.54, 1.807) is 21.3 Å². The molecule has 0 unspecified atom stereocenters. The van der Waals surface area contributed by atoms with Gasteiger partial charge in [-0.3, -0.25) is 0 Å². The number of rotatable bonds is 1. The van der Waals surface area contributed by atoms with Crippen molar-refractivity contribution in [1.82, 2.24) is 0 Å². The zero-order valence-electron chi connectivity index (χ0n) is 13.2. The summed E-state index contributed by atoms with van der Waals surface area (Å²) in [6, 6.07) is 11.6. The van der Waals surface area contributed by atoms with Crippen molar-refractivity contribution in [3.63, 3.8) is 0 Å². The van der Waals surface area contributed by atoms with E-state index in [1.165, 1.54) is 36.1 Å². The number of hydrogen-bond acceptors (Lipinski definition) is 0. The zero-order chi connectivity index (χ0) is 14.4. The van der Waals surface area contributed by atoms with Gasteiger partial charge >= 0.3 is 130 Å². The van der Waals surface area contributed by atoms with Crippen LogP contribution >= 0.6 is 0 Å². The molecule has 1 aromatic heterocycles. The Kier molecular flexibility index (Phi) is 3.22. The molecular formula is C19H24GeN+. The Morgan fingerprint density at radius 2 is 1.86 bits per heavy atom. The van der Waals surface area contributed by atoms with Gasteiger partial charge in [0.2, 0.25) is 0 Å². The Bertz CT molecular complexity index is 699. The summed E-state index contributed by atoms with van der Waals surface area (Å²) in [6.45, 7) is 2.31. The van der Waals surface area contributed by atoms with Crippen molar-refractivity contribution in [3.05, 3.63) is 47.7 Å². The molecule has 2 aliphatic heterocycles. The monoisotopic (exact) mass is 340 g/mol. The van der Waals surface area contributed by atoms with E-state index in [0.29, 0.717) is 0 Å². The fourth-order valence-corrected chi connectivity index (χ4v) is 16.3. The number of aromatic nitrogens is 1. The summed E-state index contributed by atoms with van der Waals surface area (Å²) in [5, 5.41) is 4.77. The molecule has 2 aromatic rings. The summed E-state index contributed by atoms with van der Waals surface area (Å²) in [4.78, 5) is 0. The van der Waals surface area contributed by atoms with Crippen LogP contribution in [0, 0.1) is 6.92 Å². The molecule has 108 valence electrons. The van der Waals surface area contributed by atoms with Crippen molar-refractivity contribution in [1.29, 1.82) is 0 Å². The average molecular weight is 339 g/mol. The fraction of sp³-hybridized carbons (Fsp3) is 0.421. The molecule has 1 fully saturated rings. The first-order valence-electron chi connectivity index (χ1n) is 8.29. The number of pyridine rings is 1. The number of nitrogens with zero attached hydrogens (tertiary/aromatic N) is 1. The maximum atomic E-state index is 2.59. The van der Waals surface area contributed by atoms with Crippen molar-refractivity contribution >= 4 is 17.7 Å². The predicted octanol–water partition coefficient (Wildman–Crippen LogP) is 3.49. The van der Waals surface area contributed by atoms with Crippen LogP contribution < -0.4 is 8.96 Å². The van der Waals surface area contributed by atoms with Gasteiger partial charge in [-0.1, -0.05) is 0 Å². The van der Waals surface area contributed by atoms with Gasteiger partial charge in [0.25, 0.3) is 0 Å². The molecule has 1 nitrogen and oxygen atoms in total. The van der Waals surface area contributed by atoms with Crippen molar-refractivity contribution in [2.45, 2.75) is 41.9 Å². The van der Waals surface area contributed by atoms with Gasteiger partial charge in [-0.25, -0.2) is 0 Å². The molecule has 0 amide bonds. The minimum absolute atomic E-state index is 1.35. The Morgan fingerprint density at radius 1 is 1.05 bits per heavy atom. The van der Waals surface area contributed by atoms with Crippen LogP contribution in [0.25, 0.3) is 11.3 Å². The van der Waals surface area contributed by atoms with Gasteiger partial charge in [-0.2, -0.15) is 0 Å². The molecule has 21 heavy (non-hydrogen) atoms. The SMILES string of the molecule is Cc1c[c]2c(cc1-c1cccc[n+]1C)C[CH2][Ge]21[CH2]CC[CH2]1. The van der Waals surface area contributed by atoms with Crippen molar-refractivity contribution < 1.29 is 4.57 Å². The molecule has 1 spiro atoms. The van der Waals surface area contributed by atoms with E-state index in [0.717, 1.165) is 0 Å². The molecule has 0 atom stereocenters. The van der Waals surface area contributed by atoms with Crippen LogP contribution in [0.15, 0.2) is 36.5 Å². The summed E-state index contributed by atoms with van der Waals surface area (Å²) in [7, 11) is 2.15. The fourth-order valence-electron chi connectivity index (χ4n) is 4.61. The van der Waals surface area contributed by atoms with Gasteiger partial charge in [0, 0.05) is 0 Å². The van der Waals surface area contributed by atoms with Crippen molar-refractivity contribution in [2.75, 3.05) is 0 Å². The molecule has 3 heterocycles. The first-order chi connectivity index (χ1) is 10.2. The van der Waals surface area contributed by atoms with Crippen LogP contribution in [0.2, 0.25) is 15.8 Å². The van der Waals surface area contributed by atoms with E-state index in [9.17, 15) is 0 Å². The molecule has 2 heteroatoms. The first-order valence-corrected chi connectivity index (χ1v) is 13.8. The van der Waals surface area contributed by atoms with Gasteiger partial charge in [0.1, 0.15) is 0 Å². The Hall–Kier alpha value is -1.09. The zero-order valence-corrected chi connectivity index (χ0v) is 15.3. The van der Waals surface area contributed by atoms with Gasteiger partial charge in [0.15, 0.2) is 0 Å². The predicted molar refractivity (Wildman–Crippen MR) is 90.5 cm³/mol. The first kappa shape index (κ1) is 13.6. The summed E-state index contributed by atoms with van der Waals surface area (Å²) in [6.07, 6.45) is 6.53. The number of hydrogen-bond donors (Lipinski definition) is 0. The Morgan fingerprint density at radius 3 is 2.62 bits per heavy atom. The van der Waals surface area contributed by atoms with Crippen molar-refractivity contribution in [2.24, 2.45) is 7.05 Å². The van der Waals surface area contributed by atoms with Crippen LogP contribution in [-0.4, -0.2) is 13.3 Å². The molecule has 1 saturated heterocycles. The second-order valence-electron chi connectivity index (χ2n) is 7.01. The molecule has 0 saturated carbocycles. The summed E-state index contributed by atoms with van der Waals surface area (Å²) in [5.41, 5.74) is 5.96. The third kappa shape index (κ3) is 2.09. The molecule has 0 N–H and O–H groups in total. The standard InChI is InChI=1S/C19H24GeN/c1-15-13-18-16(8-11-20(18)9-4-5-10-20)14-17(15)19-7-3-6-12-21(19)2/h3,6-7,12-14H,4-5,8-11H2,1-2H3/q+1. The summed E-state index contributed by atoms with van der Waals surface area (Å²) >= 11 is -1.63. The molecule has 0 aliphatic carbocycles. The van der Waals surface area contributed by atoms with Crippen LogP contribution in [-0.2, 0) is 13.5 Å². The van der Waals surface area contributed by atoms with Crippen LogP contribution in [0.5, 0.6) is 0 Å². The van der Waals surface area contributed by atoms with Crippen LogP contribution in [0.3, 0.4) is 0 Å². The van der Waals surface area contributed by atoms with E-state index >= 15 is 0 Å². The second-order valence-corrected chi connectivity index (χ2v) is 16.7. The van der Waals surface area contributed by atoms with E-state index in [2.05, 4.69) is 55.1 Å². The molecule has 0 radical (unpaired) electrons. The minimum atomic E-state index is -1.63. The third-order valence-corrected chi connectivity index (χ3v) is 17.2. The van der Waals surface area contributed by atoms with E-state index in [1.807, 2.05) is 4.40 Å². The second kappa shape index (κ2) is 4.98. The summed E-state index contributed by atoms with van der Waals surface area (Å²) < 4.78 is 4.11.